The van der Waals surface area contributed by atoms with Crippen LogP contribution in [-0.2, 0) is 6.42 Å². The molecule has 0 bridgehead atoms. The van der Waals surface area contributed by atoms with Gasteiger partial charge in [0, 0.05) is 13.0 Å². The monoisotopic (exact) mass is 220 g/mol. The van der Waals surface area contributed by atoms with Crippen molar-refractivity contribution >= 4 is 11.1 Å². The lowest BCUT2D eigenvalue weighted by Gasteiger charge is -1.97. The summed E-state index contributed by atoms with van der Waals surface area (Å²) in [7, 11) is 1.64. The molecule has 86 valence electrons. The van der Waals surface area contributed by atoms with Gasteiger partial charge in [-0.2, -0.15) is 0 Å². The van der Waals surface area contributed by atoms with E-state index < -0.39 is 0 Å². The molecule has 2 rings (SSSR count). The minimum absolute atomic E-state index is 0.750. The summed E-state index contributed by atoms with van der Waals surface area (Å²) < 4.78 is 10.9. The number of para-hydroxylation sites is 1. The van der Waals surface area contributed by atoms with E-state index in [1.807, 2.05) is 18.2 Å². The standard InChI is InChI=1S/C12H16N2O2/c1-3-13-8-7-11-14-12-9(15-2)5-4-6-10(12)16-11/h4-6,13H,3,7-8H2,1-2H3. The first kappa shape index (κ1) is 11.0. The van der Waals surface area contributed by atoms with Gasteiger partial charge in [0.15, 0.2) is 17.0 Å². The third-order valence-electron chi connectivity index (χ3n) is 2.41. The summed E-state index contributed by atoms with van der Waals surface area (Å²) in [6, 6.07) is 5.70. The minimum Gasteiger partial charge on any atom is -0.494 e. The highest BCUT2D eigenvalue weighted by atomic mass is 16.5. The Morgan fingerprint density at radius 3 is 3.06 bits per heavy atom. The number of fused-ring (bicyclic) bond motifs is 1. The van der Waals surface area contributed by atoms with Crippen LogP contribution in [0.2, 0.25) is 0 Å². The van der Waals surface area contributed by atoms with E-state index in [0.717, 1.165) is 42.3 Å². The van der Waals surface area contributed by atoms with Crippen molar-refractivity contribution in [3.05, 3.63) is 24.1 Å². The lowest BCUT2D eigenvalue weighted by atomic mass is 10.3. The molecule has 0 aliphatic carbocycles. The summed E-state index contributed by atoms with van der Waals surface area (Å²) in [6.45, 7) is 3.92. The van der Waals surface area contributed by atoms with Crippen molar-refractivity contribution in [1.82, 2.24) is 10.3 Å². The number of hydrogen-bond acceptors (Lipinski definition) is 4. The van der Waals surface area contributed by atoms with Crippen LogP contribution in [-0.4, -0.2) is 25.2 Å². The molecule has 0 atom stereocenters. The number of aromatic nitrogens is 1. The van der Waals surface area contributed by atoms with Gasteiger partial charge in [-0.3, -0.25) is 0 Å². The second-order valence-electron chi connectivity index (χ2n) is 3.52. The van der Waals surface area contributed by atoms with Gasteiger partial charge in [-0.15, -0.1) is 0 Å². The molecule has 1 heterocycles. The van der Waals surface area contributed by atoms with E-state index >= 15 is 0 Å². The Bertz CT molecular complexity index is 465. The molecule has 1 aromatic carbocycles. The summed E-state index contributed by atoms with van der Waals surface area (Å²) in [6.07, 6.45) is 0.797. The van der Waals surface area contributed by atoms with Crippen LogP contribution < -0.4 is 10.1 Å². The fraction of sp³-hybridized carbons (Fsp3) is 0.417. The average Bonchev–Trinajstić information content (AvgIpc) is 2.71. The van der Waals surface area contributed by atoms with Gasteiger partial charge in [0.2, 0.25) is 0 Å². The number of benzene rings is 1. The van der Waals surface area contributed by atoms with Crippen LogP contribution >= 0.6 is 0 Å². The smallest absolute Gasteiger partial charge is 0.196 e. The normalized spacial score (nSPS) is 10.9. The quantitative estimate of drug-likeness (QED) is 0.783. The maximum absolute atomic E-state index is 5.63. The first-order valence-electron chi connectivity index (χ1n) is 5.48. The van der Waals surface area contributed by atoms with Gasteiger partial charge in [-0.1, -0.05) is 13.0 Å². The Morgan fingerprint density at radius 1 is 1.44 bits per heavy atom. The number of hydrogen-bond donors (Lipinski definition) is 1. The van der Waals surface area contributed by atoms with Crippen LogP contribution in [0.3, 0.4) is 0 Å². The molecule has 4 nitrogen and oxygen atoms in total. The van der Waals surface area contributed by atoms with E-state index in [-0.39, 0.29) is 0 Å². The molecule has 1 N–H and O–H groups in total. The van der Waals surface area contributed by atoms with E-state index in [9.17, 15) is 0 Å². The van der Waals surface area contributed by atoms with Crippen LogP contribution in [0, 0.1) is 0 Å². The number of nitrogens with one attached hydrogen (secondary N) is 1. The molecule has 0 aliphatic heterocycles. The minimum atomic E-state index is 0.750. The number of ether oxygens (including phenoxy) is 1. The van der Waals surface area contributed by atoms with Gasteiger partial charge in [0.1, 0.15) is 5.75 Å². The molecule has 0 fully saturated rings. The molecule has 0 unspecified atom stereocenters. The first-order chi connectivity index (χ1) is 7.85. The Balaban J connectivity index is 2.22. The van der Waals surface area contributed by atoms with Crippen molar-refractivity contribution in [3.8, 4) is 5.75 Å². The number of rotatable bonds is 5. The van der Waals surface area contributed by atoms with Crippen LogP contribution in [0.15, 0.2) is 22.6 Å². The number of methoxy groups -OCH3 is 1. The van der Waals surface area contributed by atoms with E-state index in [1.54, 1.807) is 7.11 Å². The molecular weight excluding hydrogens is 204 g/mol. The zero-order valence-electron chi connectivity index (χ0n) is 9.62. The summed E-state index contributed by atoms with van der Waals surface area (Å²) in [5.41, 5.74) is 1.59. The maximum atomic E-state index is 5.63. The molecule has 0 spiro atoms. The molecule has 16 heavy (non-hydrogen) atoms. The van der Waals surface area contributed by atoms with Crippen LogP contribution in [0.25, 0.3) is 11.1 Å². The molecule has 0 saturated carbocycles. The Morgan fingerprint density at radius 2 is 2.31 bits per heavy atom. The lowest BCUT2D eigenvalue weighted by molar-refractivity contribution is 0.419. The average molecular weight is 220 g/mol. The van der Waals surface area contributed by atoms with Crippen LogP contribution in [0.5, 0.6) is 5.75 Å². The van der Waals surface area contributed by atoms with Gasteiger partial charge in [0.25, 0.3) is 0 Å². The van der Waals surface area contributed by atoms with Gasteiger partial charge in [0.05, 0.1) is 7.11 Å². The molecule has 2 aromatic rings. The zero-order chi connectivity index (χ0) is 11.4. The molecule has 1 aromatic heterocycles. The second-order valence-corrected chi connectivity index (χ2v) is 3.52. The van der Waals surface area contributed by atoms with Gasteiger partial charge >= 0.3 is 0 Å². The van der Waals surface area contributed by atoms with Crippen LogP contribution in [0.4, 0.5) is 0 Å². The topological polar surface area (TPSA) is 47.3 Å². The zero-order valence-corrected chi connectivity index (χ0v) is 9.62. The number of nitrogens with zero attached hydrogens (tertiary/aromatic N) is 1. The molecule has 4 heteroatoms. The van der Waals surface area contributed by atoms with Crippen molar-refractivity contribution in [1.29, 1.82) is 0 Å². The predicted octanol–water partition coefficient (Wildman–Crippen LogP) is 1.99. The van der Waals surface area contributed by atoms with Gasteiger partial charge < -0.3 is 14.5 Å². The lowest BCUT2D eigenvalue weighted by Crippen LogP contribution is -2.16. The van der Waals surface area contributed by atoms with Gasteiger partial charge in [-0.25, -0.2) is 4.98 Å². The first-order valence-corrected chi connectivity index (χ1v) is 5.48. The summed E-state index contributed by atoms with van der Waals surface area (Å²) in [5, 5.41) is 3.24. The number of oxazole rings is 1. The summed E-state index contributed by atoms with van der Waals surface area (Å²) >= 11 is 0. The fourth-order valence-corrected chi connectivity index (χ4v) is 1.61. The maximum Gasteiger partial charge on any atom is 0.196 e. The Hall–Kier alpha value is -1.55. The Labute approximate surface area is 94.6 Å². The predicted molar refractivity (Wildman–Crippen MR) is 62.8 cm³/mol. The van der Waals surface area contributed by atoms with E-state index in [2.05, 4.69) is 17.2 Å². The highest BCUT2D eigenvalue weighted by molar-refractivity contribution is 5.79. The third kappa shape index (κ3) is 2.17. The largest absolute Gasteiger partial charge is 0.494 e. The SMILES string of the molecule is CCNCCc1nc2c(OC)cccc2o1. The highest BCUT2D eigenvalue weighted by Gasteiger charge is 2.09. The van der Waals surface area contributed by atoms with E-state index in [4.69, 9.17) is 9.15 Å². The highest BCUT2D eigenvalue weighted by Crippen LogP contribution is 2.25. The molecule has 0 amide bonds. The van der Waals surface area contributed by atoms with E-state index in [0.29, 0.717) is 0 Å². The van der Waals surface area contributed by atoms with Crippen molar-refractivity contribution in [2.75, 3.05) is 20.2 Å². The fourth-order valence-electron chi connectivity index (χ4n) is 1.61. The molecule has 0 aliphatic rings. The second kappa shape index (κ2) is 4.99. The van der Waals surface area contributed by atoms with Crippen molar-refractivity contribution in [2.45, 2.75) is 13.3 Å². The summed E-state index contributed by atoms with van der Waals surface area (Å²) in [4.78, 5) is 4.42. The molecular formula is C12H16N2O2. The number of likely N-dealkylation sites (N-methyl/N-ethyl adjacent to an activating group) is 1. The molecule has 0 saturated heterocycles. The van der Waals surface area contributed by atoms with Crippen LogP contribution in [0.1, 0.15) is 12.8 Å². The van der Waals surface area contributed by atoms with Crippen molar-refractivity contribution < 1.29 is 9.15 Å². The van der Waals surface area contributed by atoms with Gasteiger partial charge in [-0.05, 0) is 18.7 Å². The molecule has 0 radical (unpaired) electrons. The third-order valence-corrected chi connectivity index (χ3v) is 2.41. The van der Waals surface area contributed by atoms with E-state index in [1.165, 1.54) is 0 Å². The summed E-state index contributed by atoms with van der Waals surface area (Å²) in [5.74, 6) is 1.51. The Kier molecular flexibility index (Phi) is 3.41. The van der Waals surface area contributed by atoms with Crippen molar-refractivity contribution in [3.63, 3.8) is 0 Å². The van der Waals surface area contributed by atoms with Crippen molar-refractivity contribution in [2.24, 2.45) is 0 Å².